The number of rotatable bonds is 6. The third-order valence-electron chi connectivity index (χ3n) is 8.23. The SMILES string of the molecule is CC(=O)NC1CCC(n2c(=O)c(C)c(C#C[Si](C(C)C)(C(C)C)C(C)C)c3cnc(S(C)(=O)=O)nc32)CC1. The van der Waals surface area contributed by atoms with Gasteiger partial charge in [-0.1, -0.05) is 47.5 Å². The van der Waals surface area contributed by atoms with Crippen LogP contribution in [0.1, 0.15) is 91.3 Å². The molecule has 0 unspecified atom stereocenters. The molecule has 0 atom stereocenters. The van der Waals surface area contributed by atoms with Crippen molar-refractivity contribution >= 4 is 34.9 Å². The first-order chi connectivity index (χ1) is 17.6. The minimum absolute atomic E-state index is 0.0656. The summed E-state index contributed by atoms with van der Waals surface area (Å²) in [5, 5.41) is 3.27. The molecule has 208 valence electrons. The van der Waals surface area contributed by atoms with E-state index in [-0.39, 0.29) is 28.7 Å². The fourth-order valence-electron chi connectivity index (χ4n) is 6.35. The second-order valence-electron chi connectivity index (χ2n) is 11.7. The van der Waals surface area contributed by atoms with Crippen LogP contribution < -0.4 is 10.9 Å². The molecular formula is C28H42N4O4SSi. The Morgan fingerprint density at radius 1 is 1.08 bits per heavy atom. The van der Waals surface area contributed by atoms with Crippen molar-refractivity contribution in [3.8, 4) is 11.5 Å². The number of nitrogens with zero attached hydrogens (tertiary/aromatic N) is 3. The van der Waals surface area contributed by atoms with E-state index in [0.29, 0.717) is 51.6 Å². The first-order valence-corrected chi connectivity index (χ1v) is 17.7. The molecule has 1 fully saturated rings. The maximum atomic E-state index is 13.9. The predicted molar refractivity (Wildman–Crippen MR) is 155 cm³/mol. The van der Waals surface area contributed by atoms with Gasteiger partial charge in [-0.15, -0.1) is 5.54 Å². The summed E-state index contributed by atoms with van der Waals surface area (Å²) in [7, 11) is -5.77. The van der Waals surface area contributed by atoms with Gasteiger partial charge in [-0.25, -0.2) is 13.4 Å². The molecule has 2 aromatic rings. The summed E-state index contributed by atoms with van der Waals surface area (Å²) in [6.45, 7) is 16.7. The van der Waals surface area contributed by atoms with Crippen LogP contribution in [0.3, 0.4) is 0 Å². The molecule has 0 aromatic carbocycles. The summed E-state index contributed by atoms with van der Waals surface area (Å²) in [6, 6.07) is -0.0900. The second-order valence-corrected chi connectivity index (χ2v) is 19.2. The highest BCUT2D eigenvalue weighted by molar-refractivity contribution is 7.90. The van der Waals surface area contributed by atoms with Crippen molar-refractivity contribution in [2.75, 3.05) is 6.26 Å². The van der Waals surface area contributed by atoms with Gasteiger partial charge >= 0.3 is 0 Å². The molecule has 0 bridgehead atoms. The van der Waals surface area contributed by atoms with E-state index in [1.54, 1.807) is 11.5 Å². The zero-order chi connectivity index (χ0) is 28.6. The number of hydrogen-bond donors (Lipinski definition) is 1. The third kappa shape index (κ3) is 5.74. The number of carbonyl (C=O) groups excluding carboxylic acids is 1. The monoisotopic (exact) mass is 558 g/mol. The fraction of sp³-hybridized carbons (Fsp3) is 0.643. The summed E-state index contributed by atoms with van der Waals surface area (Å²) in [4.78, 5) is 34.0. The summed E-state index contributed by atoms with van der Waals surface area (Å²) < 4.78 is 26.4. The van der Waals surface area contributed by atoms with E-state index in [9.17, 15) is 18.0 Å². The van der Waals surface area contributed by atoms with Crippen molar-refractivity contribution in [1.82, 2.24) is 19.9 Å². The van der Waals surface area contributed by atoms with E-state index < -0.39 is 17.9 Å². The first kappa shape index (κ1) is 30.0. The van der Waals surface area contributed by atoms with Crippen molar-refractivity contribution < 1.29 is 13.2 Å². The second kappa shape index (κ2) is 11.3. The van der Waals surface area contributed by atoms with Crippen molar-refractivity contribution in [2.24, 2.45) is 0 Å². The molecular weight excluding hydrogens is 516 g/mol. The zero-order valence-electron chi connectivity index (χ0n) is 24.2. The van der Waals surface area contributed by atoms with Gasteiger partial charge in [-0.05, 0) is 49.2 Å². The smallest absolute Gasteiger partial charge is 0.256 e. The summed E-state index contributed by atoms with van der Waals surface area (Å²) >= 11 is 0. The molecule has 38 heavy (non-hydrogen) atoms. The summed E-state index contributed by atoms with van der Waals surface area (Å²) in [5.41, 5.74) is 6.21. The Kier molecular flexibility index (Phi) is 8.94. The van der Waals surface area contributed by atoms with Crippen LogP contribution in [0.15, 0.2) is 16.1 Å². The van der Waals surface area contributed by atoms with Crippen LogP contribution in [0, 0.1) is 18.4 Å². The Morgan fingerprint density at radius 2 is 1.63 bits per heavy atom. The van der Waals surface area contributed by atoms with Gasteiger partial charge in [0.15, 0.2) is 0 Å². The van der Waals surface area contributed by atoms with Gasteiger partial charge in [-0.2, -0.15) is 4.98 Å². The minimum Gasteiger partial charge on any atom is -0.354 e. The first-order valence-electron chi connectivity index (χ1n) is 13.5. The van der Waals surface area contributed by atoms with Crippen molar-refractivity contribution in [3.05, 3.63) is 27.7 Å². The molecule has 3 rings (SSSR count). The number of hydrogen-bond acceptors (Lipinski definition) is 6. The van der Waals surface area contributed by atoms with Gasteiger partial charge in [0, 0.05) is 42.6 Å². The number of amides is 1. The molecule has 10 heteroatoms. The zero-order valence-corrected chi connectivity index (χ0v) is 26.0. The van der Waals surface area contributed by atoms with Crippen LogP contribution >= 0.6 is 0 Å². The van der Waals surface area contributed by atoms with E-state index in [0.717, 1.165) is 19.1 Å². The number of aromatic nitrogens is 3. The number of nitrogens with one attached hydrogen (secondary N) is 1. The molecule has 8 nitrogen and oxygen atoms in total. The molecule has 0 spiro atoms. The van der Waals surface area contributed by atoms with Crippen LogP contribution in [0.4, 0.5) is 0 Å². The molecule has 2 heterocycles. The predicted octanol–water partition coefficient (Wildman–Crippen LogP) is 4.69. The van der Waals surface area contributed by atoms with E-state index in [1.807, 2.05) is 0 Å². The molecule has 1 aliphatic rings. The average Bonchev–Trinajstić information content (AvgIpc) is 2.80. The molecule has 1 N–H and O–H groups in total. The Hall–Kier alpha value is -2.51. The van der Waals surface area contributed by atoms with Crippen molar-refractivity contribution in [1.29, 1.82) is 0 Å². The molecule has 1 amide bonds. The Morgan fingerprint density at radius 3 is 2.11 bits per heavy atom. The maximum absolute atomic E-state index is 13.9. The van der Waals surface area contributed by atoms with Gasteiger partial charge in [0.05, 0.1) is 5.39 Å². The van der Waals surface area contributed by atoms with Crippen LogP contribution in [-0.2, 0) is 14.6 Å². The highest BCUT2D eigenvalue weighted by Gasteiger charge is 2.41. The van der Waals surface area contributed by atoms with Crippen LogP contribution in [0.5, 0.6) is 0 Å². The van der Waals surface area contributed by atoms with Crippen molar-refractivity contribution in [3.63, 3.8) is 0 Å². The largest absolute Gasteiger partial charge is 0.354 e. The fourth-order valence-corrected chi connectivity index (χ4v) is 12.1. The summed E-state index contributed by atoms with van der Waals surface area (Å²) in [6.07, 6.45) is 5.39. The number of pyridine rings is 1. The standard InChI is InChI=1S/C28H42N4O4SSi/c1-17(2)38(18(3)4,19(5)6)15-14-24-20(7)27(34)32(23-12-10-22(11-13-23)30-21(8)33)26-25(24)16-29-28(31-26)37(9,35)36/h16-19,22-23H,10-13H2,1-9H3,(H,30,33). The third-order valence-corrected chi connectivity index (χ3v) is 15.4. The molecule has 1 aliphatic carbocycles. The van der Waals surface area contributed by atoms with Crippen molar-refractivity contribution in [2.45, 2.75) is 115 Å². The van der Waals surface area contributed by atoms with E-state index in [1.165, 1.54) is 13.1 Å². The van der Waals surface area contributed by atoms with Crippen LogP contribution in [-0.4, -0.2) is 49.2 Å². The minimum atomic E-state index is -3.68. The lowest BCUT2D eigenvalue weighted by Gasteiger charge is -2.38. The highest BCUT2D eigenvalue weighted by Crippen LogP contribution is 2.41. The Labute approximate surface area is 228 Å². The molecule has 0 saturated heterocycles. The quantitative estimate of drug-likeness (QED) is 0.313. The topological polar surface area (TPSA) is 111 Å². The molecule has 0 radical (unpaired) electrons. The molecule has 2 aromatic heterocycles. The Bertz CT molecular complexity index is 1420. The van der Waals surface area contributed by atoms with Gasteiger partial charge in [0.25, 0.3) is 5.56 Å². The van der Waals surface area contributed by atoms with Gasteiger partial charge in [-0.3, -0.25) is 14.2 Å². The van der Waals surface area contributed by atoms with Crippen LogP contribution in [0.2, 0.25) is 16.6 Å². The lowest BCUT2D eigenvalue weighted by atomic mass is 9.90. The number of carbonyl (C=O) groups is 1. The lowest BCUT2D eigenvalue weighted by Crippen LogP contribution is -2.43. The average molecular weight is 559 g/mol. The lowest BCUT2D eigenvalue weighted by molar-refractivity contribution is -0.119. The van der Waals surface area contributed by atoms with Gasteiger partial charge in [0.1, 0.15) is 13.7 Å². The van der Waals surface area contributed by atoms with Gasteiger partial charge < -0.3 is 5.32 Å². The Balaban J connectivity index is 2.28. The molecule has 1 saturated carbocycles. The highest BCUT2D eigenvalue weighted by atomic mass is 32.2. The normalized spacial score (nSPS) is 18.6. The van der Waals surface area contributed by atoms with E-state index in [4.69, 9.17) is 0 Å². The number of fused-ring (bicyclic) bond motifs is 1. The summed E-state index contributed by atoms with van der Waals surface area (Å²) in [5.74, 6) is 3.35. The van der Waals surface area contributed by atoms with Gasteiger partial charge in [0.2, 0.25) is 20.9 Å². The van der Waals surface area contributed by atoms with E-state index >= 15 is 0 Å². The molecule has 0 aliphatic heterocycles. The maximum Gasteiger partial charge on any atom is 0.256 e. The van der Waals surface area contributed by atoms with Crippen LogP contribution in [0.25, 0.3) is 11.0 Å². The number of sulfone groups is 1. The van der Waals surface area contributed by atoms with E-state index in [2.05, 4.69) is 68.3 Å².